The number of thiophene rings is 1. The highest BCUT2D eigenvalue weighted by Crippen LogP contribution is 2.27. The van der Waals surface area contributed by atoms with E-state index in [1.54, 1.807) is 11.3 Å². The third kappa shape index (κ3) is 1.75. The molecular weight excluding hydrogens is 230 g/mol. The van der Waals surface area contributed by atoms with Crippen molar-refractivity contribution in [2.24, 2.45) is 5.73 Å². The number of fused-ring (bicyclic) bond motifs is 1. The molecule has 0 aliphatic rings. The molecule has 0 aliphatic heterocycles. The van der Waals surface area contributed by atoms with E-state index in [2.05, 4.69) is 34.5 Å². The van der Waals surface area contributed by atoms with Crippen LogP contribution in [0.3, 0.4) is 0 Å². The summed E-state index contributed by atoms with van der Waals surface area (Å²) in [7, 11) is 0. The van der Waals surface area contributed by atoms with E-state index in [1.807, 2.05) is 18.5 Å². The molecule has 0 unspecified atom stereocenters. The lowest BCUT2D eigenvalue weighted by atomic mass is 10.2. The molecule has 3 aromatic rings. The lowest BCUT2D eigenvalue weighted by Gasteiger charge is -2.01. The fourth-order valence-electron chi connectivity index (χ4n) is 1.91. The summed E-state index contributed by atoms with van der Waals surface area (Å²) in [6.07, 6.45) is 3.93. The minimum atomic E-state index is 0.565. The highest BCUT2D eigenvalue weighted by atomic mass is 32.1. The van der Waals surface area contributed by atoms with Crippen LogP contribution >= 0.6 is 11.3 Å². The molecule has 0 bridgehead atoms. The van der Waals surface area contributed by atoms with E-state index in [9.17, 15) is 0 Å². The van der Waals surface area contributed by atoms with Crippen molar-refractivity contribution in [3.8, 4) is 10.7 Å². The molecule has 0 amide bonds. The molecule has 86 valence electrons. The molecule has 17 heavy (non-hydrogen) atoms. The first-order valence-corrected chi connectivity index (χ1v) is 6.32. The zero-order valence-electron chi connectivity index (χ0n) is 9.55. The summed E-state index contributed by atoms with van der Waals surface area (Å²) in [6, 6.07) is 8.36. The second-order valence-electron chi connectivity index (χ2n) is 4.03. The first-order chi connectivity index (χ1) is 8.28. The number of aromatic nitrogens is 2. The Morgan fingerprint density at radius 1 is 1.35 bits per heavy atom. The zero-order chi connectivity index (χ0) is 11.8. The maximum Gasteiger partial charge on any atom is 0.154 e. The predicted octanol–water partition coefficient (Wildman–Crippen LogP) is 2.83. The van der Waals surface area contributed by atoms with Crippen LogP contribution in [0, 0.1) is 6.92 Å². The molecule has 0 saturated carbocycles. The summed E-state index contributed by atoms with van der Waals surface area (Å²) in [5.41, 5.74) is 7.86. The van der Waals surface area contributed by atoms with Gasteiger partial charge in [0.05, 0.1) is 16.6 Å². The normalized spacial score (nSPS) is 11.2. The molecule has 3 rings (SSSR count). The van der Waals surface area contributed by atoms with Crippen molar-refractivity contribution >= 4 is 16.9 Å². The van der Waals surface area contributed by atoms with Gasteiger partial charge in [-0.15, -0.1) is 11.3 Å². The highest BCUT2D eigenvalue weighted by molar-refractivity contribution is 7.15. The predicted molar refractivity (Wildman–Crippen MR) is 71.1 cm³/mol. The van der Waals surface area contributed by atoms with Crippen LogP contribution in [0.4, 0.5) is 0 Å². The number of nitrogens with two attached hydrogens (primary N) is 1. The lowest BCUT2D eigenvalue weighted by molar-refractivity contribution is 1.05. The zero-order valence-corrected chi connectivity index (χ0v) is 10.4. The summed E-state index contributed by atoms with van der Waals surface area (Å²) < 4.78 is 2.10. The van der Waals surface area contributed by atoms with Crippen molar-refractivity contribution in [3.05, 3.63) is 47.1 Å². The molecule has 3 heterocycles. The van der Waals surface area contributed by atoms with Crippen molar-refractivity contribution in [3.63, 3.8) is 0 Å². The second-order valence-corrected chi connectivity index (χ2v) is 5.31. The van der Waals surface area contributed by atoms with E-state index >= 15 is 0 Å². The highest BCUT2D eigenvalue weighted by Gasteiger charge is 2.08. The number of nitrogens with zero attached hydrogens (tertiary/aromatic N) is 2. The smallest absolute Gasteiger partial charge is 0.154 e. The van der Waals surface area contributed by atoms with E-state index in [4.69, 9.17) is 5.73 Å². The van der Waals surface area contributed by atoms with Gasteiger partial charge in [-0.3, -0.25) is 4.40 Å². The first kappa shape index (κ1) is 10.5. The molecule has 3 nitrogen and oxygen atoms in total. The summed E-state index contributed by atoms with van der Waals surface area (Å²) in [5, 5.41) is 0. The molecule has 2 N–H and O–H groups in total. The Morgan fingerprint density at radius 3 is 2.94 bits per heavy atom. The van der Waals surface area contributed by atoms with Crippen molar-refractivity contribution in [2.45, 2.75) is 13.5 Å². The van der Waals surface area contributed by atoms with Crippen molar-refractivity contribution in [2.75, 3.05) is 0 Å². The Hall–Kier alpha value is -1.65. The van der Waals surface area contributed by atoms with Gasteiger partial charge in [-0.05, 0) is 36.8 Å². The van der Waals surface area contributed by atoms with Gasteiger partial charge in [-0.1, -0.05) is 0 Å². The van der Waals surface area contributed by atoms with Crippen LogP contribution in [0.15, 0.2) is 36.7 Å². The Bertz CT molecular complexity index is 666. The summed E-state index contributed by atoms with van der Waals surface area (Å²) in [5.74, 6) is 1.00. The van der Waals surface area contributed by atoms with Crippen LogP contribution in [0.2, 0.25) is 0 Å². The molecule has 0 radical (unpaired) electrons. The fraction of sp³-hybridized carbons (Fsp3) is 0.154. The van der Waals surface area contributed by atoms with Gasteiger partial charge >= 0.3 is 0 Å². The lowest BCUT2D eigenvalue weighted by Crippen LogP contribution is -1.97. The molecule has 0 aromatic carbocycles. The maximum absolute atomic E-state index is 5.63. The van der Waals surface area contributed by atoms with Crippen LogP contribution in [0.5, 0.6) is 0 Å². The van der Waals surface area contributed by atoms with E-state index < -0.39 is 0 Å². The number of pyridine rings is 1. The summed E-state index contributed by atoms with van der Waals surface area (Å²) in [4.78, 5) is 6.99. The molecule has 0 aliphatic carbocycles. The van der Waals surface area contributed by atoms with Gasteiger partial charge in [0.25, 0.3) is 0 Å². The van der Waals surface area contributed by atoms with E-state index in [1.165, 1.54) is 9.75 Å². The second kappa shape index (κ2) is 3.98. The van der Waals surface area contributed by atoms with E-state index in [0.717, 1.165) is 16.9 Å². The SMILES string of the molecule is Cc1ccc(-c2ncc3cc(CN)ccn23)s1. The van der Waals surface area contributed by atoms with Gasteiger partial charge in [0.2, 0.25) is 0 Å². The molecule has 0 saturated heterocycles. The number of imidazole rings is 1. The van der Waals surface area contributed by atoms with Gasteiger partial charge in [0, 0.05) is 17.6 Å². The molecule has 4 heteroatoms. The van der Waals surface area contributed by atoms with Crippen molar-refractivity contribution in [1.29, 1.82) is 0 Å². The Labute approximate surface area is 104 Å². The van der Waals surface area contributed by atoms with E-state index in [-0.39, 0.29) is 0 Å². The minimum absolute atomic E-state index is 0.565. The number of hydrogen-bond acceptors (Lipinski definition) is 3. The monoisotopic (exact) mass is 243 g/mol. The molecule has 0 fully saturated rings. The van der Waals surface area contributed by atoms with Crippen molar-refractivity contribution < 1.29 is 0 Å². The van der Waals surface area contributed by atoms with Crippen LogP contribution < -0.4 is 5.73 Å². The minimum Gasteiger partial charge on any atom is -0.326 e. The molecule has 0 atom stereocenters. The van der Waals surface area contributed by atoms with Crippen LogP contribution in [-0.2, 0) is 6.54 Å². The standard InChI is InChI=1S/C13H13N3S/c1-9-2-3-12(17-9)13-15-8-11-6-10(7-14)4-5-16(11)13/h2-6,8H,7,14H2,1H3. The van der Waals surface area contributed by atoms with Crippen LogP contribution in [-0.4, -0.2) is 9.38 Å². The van der Waals surface area contributed by atoms with Crippen LogP contribution in [0.1, 0.15) is 10.4 Å². The number of rotatable bonds is 2. The maximum atomic E-state index is 5.63. The Morgan fingerprint density at radius 2 is 2.24 bits per heavy atom. The molecule has 0 spiro atoms. The summed E-state index contributed by atoms with van der Waals surface area (Å²) in [6.45, 7) is 2.67. The average molecular weight is 243 g/mol. The van der Waals surface area contributed by atoms with Gasteiger partial charge in [0.15, 0.2) is 5.82 Å². The van der Waals surface area contributed by atoms with Gasteiger partial charge in [-0.2, -0.15) is 0 Å². The average Bonchev–Trinajstić information content (AvgIpc) is 2.93. The largest absolute Gasteiger partial charge is 0.326 e. The third-order valence-electron chi connectivity index (χ3n) is 2.79. The Balaban J connectivity index is 2.18. The van der Waals surface area contributed by atoms with Gasteiger partial charge in [0.1, 0.15) is 0 Å². The quantitative estimate of drug-likeness (QED) is 0.752. The fourth-order valence-corrected chi connectivity index (χ4v) is 2.77. The first-order valence-electron chi connectivity index (χ1n) is 5.51. The van der Waals surface area contributed by atoms with E-state index in [0.29, 0.717) is 6.54 Å². The van der Waals surface area contributed by atoms with Gasteiger partial charge < -0.3 is 5.73 Å². The van der Waals surface area contributed by atoms with Crippen LogP contribution in [0.25, 0.3) is 16.2 Å². The number of hydrogen-bond donors (Lipinski definition) is 1. The van der Waals surface area contributed by atoms with Gasteiger partial charge in [-0.25, -0.2) is 4.98 Å². The topological polar surface area (TPSA) is 43.3 Å². The van der Waals surface area contributed by atoms with Crippen molar-refractivity contribution in [1.82, 2.24) is 9.38 Å². The molecular formula is C13H13N3S. The molecule has 3 aromatic heterocycles. The number of aryl methyl sites for hydroxylation is 1. The Kier molecular flexibility index (Phi) is 2.46. The third-order valence-corrected chi connectivity index (χ3v) is 3.79. The summed E-state index contributed by atoms with van der Waals surface area (Å²) >= 11 is 1.76.